The van der Waals surface area contributed by atoms with Gasteiger partial charge in [-0.15, -0.1) is 0 Å². The Morgan fingerprint density at radius 2 is 2.04 bits per heavy atom. The number of rotatable bonds is 7. The van der Waals surface area contributed by atoms with Gasteiger partial charge in [0.25, 0.3) is 0 Å². The zero-order valence-electron chi connectivity index (χ0n) is 14.6. The summed E-state index contributed by atoms with van der Waals surface area (Å²) in [6, 6.07) is 0. The molecule has 1 rings (SSSR count). The molecule has 7 heteroatoms. The normalized spacial score (nSPS) is 12.5. The SMILES string of the molecule is CCOC(=O)C(C)(C)N/C(C)=C(\CC)Nc1ncc(Cl)c(C)n1. The summed E-state index contributed by atoms with van der Waals surface area (Å²) in [6.45, 7) is 11.4. The number of carbonyl (C=O) groups excluding carboxylic acids is 1. The average Bonchev–Trinajstić information content (AvgIpc) is 2.48. The maximum atomic E-state index is 12.0. The molecule has 0 unspecified atom stereocenters. The first-order valence-electron chi connectivity index (χ1n) is 7.62. The van der Waals surface area contributed by atoms with Gasteiger partial charge in [0.2, 0.25) is 5.95 Å². The molecule has 0 aliphatic rings. The van der Waals surface area contributed by atoms with Crippen LogP contribution in [0.4, 0.5) is 5.95 Å². The second-order valence-electron chi connectivity index (χ2n) is 5.68. The number of aromatic nitrogens is 2. The summed E-state index contributed by atoms with van der Waals surface area (Å²) in [5.41, 5.74) is 1.61. The number of hydrogen-bond donors (Lipinski definition) is 2. The van der Waals surface area contributed by atoms with Gasteiger partial charge in [0.1, 0.15) is 5.54 Å². The third-order valence-electron chi connectivity index (χ3n) is 3.27. The lowest BCUT2D eigenvalue weighted by Crippen LogP contribution is -2.47. The van der Waals surface area contributed by atoms with Gasteiger partial charge in [0, 0.05) is 11.4 Å². The molecule has 0 saturated carbocycles. The minimum absolute atomic E-state index is 0.298. The van der Waals surface area contributed by atoms with Crippen LogP contribution in [0.1, 0.15) is 46.7 Å². The Balaban J connectivity index is 2.94. The number of ether oxygens (including phenoxy) is 1. The Kier molecular flexibility index (Phi) is 6.81. The third kappa shape index (κ3) is 5.39. The highest BCUT2D eigenvalue weighted by atomic mass is 35.5. The van der Waals surface area contributed by atoms with Crippen molar-refractivity contribution in [3.63, 3.8) is 0 Å². The van der Waals surface area contributed by atoms with Crippen LogP contribution in [0.3, 0.4) is 0 Å². The molecule has 0 spiro atoms. The molecule has 0 saturated heterocycles. The summed E-state index contributed by atoms with van der Waals surface area (Å²) in [5, 5.41) is 6.90. The van der Waals surface area contributed by atoms with Crippen molar-refractivity contribution in [3.8, 4) is 0 Å². The number of halogens is 1. The Labute approximate surface area is 142 Å². The van der Waals surface area contributed by atoms with E-state index in [-0.39, 0.29) is 5.97 Å². The van der Waals surface area contributed by atoms with Crippen molar-refractivity contribution in [2.24, 2.45) is 0 Å². The first-order valence-corrected chi connectivity index (χ1v) is 8.00. The van der Waals surface area contributed by atoms with Gasteiger partial charge >= 0.3 is 5.97 Å². The minimum Gasteiger partial charge on any atom is -0.464 e. The zero-order chi connectivity index (χ0) is 17.6. The lowest BCUT2D eigenvalue weighted by Gasteiger charge is -2.27. The van der Waals surface area contributed by atoms with Gasteiger partial charge in [-0.2, -0.15) is 0 Å². The van der Waals surface area contributed by atoms with E-state index in [1.807, 2.05) is 20.8 Å². The quantitative estimate of drug-likeness (QED) is 0.741. The van der Waals surface area contributed by atoms with Crippen molar-refractivity contribution >= 4 is 23.5 Å². The van der Waals surface area contributed by atoms with Crippen LogP contribution in [0.25, 0.3) is 0 Å². The number of nitrogens with zero attached hydrogens (tertiary/aromatic N) is 2. The molecular formula is C16H25ClN4O2. The smallest absolute Gasteiger partial charge is 0.331 e. The highest BCUT2D eigenvalue weighted by Gasteiger charge is 2.29. The van der Waals surface area contributed by atoms with E-state index in [4.69, 9.17) is 16.3 Å². The Bertz CT molecular complexity index is 600. The predicted molar refractivity (Wildman–Crippen MR) is 92.2 cm³/mol. The molecule has 128 valence electrons. The van der Waals surface area contributed by atoms with Crippen LogP contribution in [-0.4, -0.2) is 28.1 Å². The van der Waals surface area contributed by atoms with E-state index >= 15 is 0 Å². The van der Waals surface area contributed by atoms with Crippen molar-refractivity contribution in [1.29, 1.82) is 0 Å². The van der Waals surface area contributed by atoms with Crippen molar-refractivity contribution in [1.82, 2.24) is 15.3 Å². The van der Waals surface area contributed by atoms with Crippen LogP contribution in [0.2, 0.25) is 5.02 Å². The summed E-state index contributed by atoms with van der Waals surface area (Å²) in [4.78, 5) is 20.4. The number of hydrogen-bond acceptors (Lipinski definition) is 6. The summed E-state index contributed by atoms with van der Waals surface area (Å²) < 4.78 is 5.08. The molecule has 0 atom stereocenters. The van der Waals surface area contributed by atoms with Crippen LogP contribution in [0.5, 0.6) is 0 Å². The van der Waals surface area contributed by atoms with E-state index in [0.717, 1.165) is 17.8 Å². The van der Waals surface area contributed by atoms with E-state index in [0.29, 0.717) is 23.3 Å². The molecule has 0 radical (unpaired) electrons. The second kappa shape index (κ2) is 8.15. The first kappa shape index (κ1) is 19.2. The fourth-order valence-corrected chi connectivity index (χ4v) is 2.09. The molecule has 0 amide bonds. The Morgan fingerprint density at radius 1 is 1.39 bits per heavy atom. The summed E-state index contributed by atoms with van der Waals surface area (Å²) in [5.74, 6) is 0.173. The zero-order valence-corrected chi connectivity index (χ0v) is 15.3. The van der Waals surface area contributed by atoms with Gasteiger partial charge in [0.15, 0.2) is 0 Å². The predicted octanol–water partition coefficient (Wildman–Crippen LogP) is 3.42. The Morgan fingerprint density at radius 3 is 2.57 bits per heavy atom. The molecule has 0 fully saturated rings. The molecule has 0 bridgehead atoms. The Hall–Kier alpha value is -1.82. The van der Waals surface area contributed by atoms with E-state index in [1.54, 1.807) is 27.0 Å². The molecule has 6 nitrogen and oxygen atoms in total. The minimum atomic E-state index is -0.820. The maximum Gasteiger partial charge on any atom is 0.331 e. The van der Waals surface area contributed by atoms with Gasteiger partial charge < -0.3 is 15.4 Å². The highest BCUT2D eigenvalue weighted by Crippen LogP contribution is 2.17. The summed E-state index contributed by atoms with van der Waals surface area (Å²) in [7, 11) is 0. The maximum absolute atomic E-state index is 12.0. The van der Waals surface area contributed by atoms with Crippen LogP contribution in [0, 0.1) is 6.92 Å². The molecule has 1 aromatic rings. The lowest BCUT2D eigenvalue weighted by atomic mass is 10.1. The molecule has 1 aromatic heterocycles. The van der Waals surface area contributed by atoms with E-state index in [2.05, 4.69) is 20.6 Å². The molecule has 23 heavy (non-hydrogen) atoms. The number of nitrogens with one attached hydrogen (secondary N) is 2. The summed E-state index contributed by atoms with van der Waals surface area (Å²) in [6.07, 6.45) is 2.29. The van der Waals surface area contributed by atoms with Crippen molar-refractivity contribution in [2.45, 2.75) is 53.5 Å². The van der Waals surface area contributed by atoms with E-state index in [9.17, 15) is 4.79 Å². The number of esters is 1. The molecule has 2 N–H and O–H groups in total. The van der Waals surface area contributed by atoms with Crippen molar-refractivity contribution in [3.05, 3.63) is 28.3 Å². The van der Waals surface area contributed by atoms with Gasteiger partial charge in [-0.3, -0.25) is 0 Å². The van der Waals surface area contributed by atoms with Crippen LogP contribution < -0.4 is 10.6 Å². The van der Waals surface area contributed by atoms with E-state index in [1.165, 1.54) is 0 Å². The molecule has 0 aliphatic carbocycles. The number of anilines is 1. The second-order valence-corrected chi connectivity index (χ2v) is 6.09. The third-order valence-corrected chi connectivity index (χ3v) is 3.65. The largest absolute Gasteiger partial charge is 0.464 e. The van der Waals surface area contributed by atoms with Crippen molar-refractivity contribution < 1.29 is 9.53 Å². The van der Waals surface area contributed by atoms with Crippen molar-refractivity contribution in [2.75, 3.05) is 11.9 Å². The fourth-order valence-electron chi connectivity index (χ4n) is 2.00. The van der Waals surface area contributed by atoms with Gasteiger partial charge in [-0.05, 0) is 41.0 Å². The standard InChI is InChI=1S/C16H25ClN4O2/c1-7-13(20-15-18-9-12(17)10(3)19-15)11(4)21-16(5,6)14(22)23-8-2/h9,21H,7-8H2,1-6H3,(H,18,19,20)/b13-11+. The molecule has 1 heterocycles. The number of carbonyl (C=O) groups is 1. The van der Waals surface area contributed by atoms with Gasteiger partial charge in [0.05, 0.1) is 23.5 Å². The van der Waals surface area contributed by atoms with Gasteiger partial charge in [-0.25, -0.2) is 14.8 Å². The van der Waals surface area contributed by atoms with Crippen LogP contribution in [0.15, 0.2) is 17.6 Å². The molecule has 0 aliphatic heterocycles. The highest BCUT2D eigenvalue weighted by molar-refractivity contribution is 6.31. The summed E-state index contributed by atoms with van der Waals surface area (Å²) >= 11 is 5.94. The average molecular weight is 341 g/mol. The first-order chi connectivity index (χ1) is 10.7. The number of allylic oxidation sites excluding steroid dienone is 2. The fraction of sp³-hybridized carbons (Fsp3) is 0.562. The monoisotopic (exact) mass is 340 g/mol. The van der Waals surface area contributed by atoms with E-state index < -0.39 is 5.54 Å². The van der Waals surface area contributed by atoms with Gasteiger partial charge in [-0.1, -0.05) is 18.5 Å². The van der Waals surface area contributed by atoms with Crippen LogP contribution >= 0.6 is 11.6 Å². The van der Waals surface area contributed by atoms with Crippen LogP contribution in [-0.2, 0) is 9.53 Å². The lowest BCUT2D eigenvalue weighted by molar-refractivity contribution is -0.149. The molecule has 0 aromatic carbocycles. The molecular weight excluding hydrogens is 316 g/mol. The topological polar surface area (TPSA) is 76.1 Å². The number of aryl methyl sites for hydroxylation is 1.